The van der Waals surface area contributed by atoms with Crippen molar-refractivity contribution in [2.24, 2.45) is 0 Å². The summed E-state index contributed by atoms with van der Waals surface area (Å²) in [6.45, 7) is 1.44. The Labute approximate surface area is 115 Å². The maximum absolute atomic E-state index is 10.9. The fourth-order valence-corrected chi connectivity index (χ4v) is 1.63. The van der Waals surface area contributed by atoms with Gasteiger partial charge in [-0.05, 0) is 36.4 Å². The van der Waals surface area contributed by atoms with E-state index in [0.29, 0.717) is 11.4 Å². The molecule has 6 heteroatoms. The third-order valence-electron chi connectivity index (χ3n) is 2.47. The number of benzene rings is 1. The molecule has 0 radical (unpaired) electrons. The van der Waals surface area contributed by atoms with Gasteiger partial charge in [0.25, 0.3) is 0 Å². The van der Waals surface area contributed by atoms with E-state index in [9.17, 15) is 9.59 Å². The summed E-state index contributed by atoms with van der Waals surface area (Å²) in [5.74, 6) is -1.21. The van der Waals surface area contributed by atoms with E-state index in [2.05, 4.69) is 15.6 Å². The summed E-state index contributed by atoms with van der Waals surface area (Å²) in [6.07, 6.45) is 1.43. The molecule has 0 aliphatic heterocycles. The second-order valence-corrected chi connectivity index (χ2v) is 4.12. The molecule has 0 saturated heterocycles. The van der Waals surface area contributed by atoms with E-state index in [1.807, 2.05) is 0 Å². The van der Waals surface area contributed by atoms with Gasteiger partial charge in [0.2, 0.25) is 5.91 Å². The molecule has 6 nitrogen and oxygen atoms in total. The average Bonchev–Trinajstić information content (AvgIpc) is 2.41. The largest absolute Gasteiger partial charge is 0.477 e. The number of nitrogens with zero attached hydrogens (tertiary/aromatic N) is 1. The Hall–Kier alpha value is -2.89. The van der Waals surface area contributed by atoms with Crippen molar-refractivity contribution in [1.29, 1.82) is 0 Å². The molecule has 1 aromatic heterocycles. The zero-order chi connectivity index (χ0) is 14.5. The van der Waals surface area contributed by atoms with Crippen LogP contribution in [0, 0.1) is 0 Å². The van der Waals surface area contributed by atoms with Crippen LogP contribution in [0.1, 0.15) is 17.4 Å². The van der Waals surface area contributed by atoms with Gasteiger partial charge in [-0.3, -0.25) is 4.79 Å². The van der Waals surface area contributed by atoms with E-state index >= 15 is 0 Å². The normalized spacial score (nSPS) is 9.85. The van der Waals surface area contributed by atoms with Crippen molar-refractivity contribution in [1.82, 2.24) is 4.98 Å². The van der Waals surface area contributed by atoms with Gasteiger partial charge < -0.3 is 15.7 Å². The molecule has 1 aromatic carbocycles. The summed E-state index contributed by atoms with van der Waals surface area (Å²) in [6, 6.07) is 10.2. The molecule has 1 amide bonds. The lowest BCUT2D eigenvalue weighted by atomic mass is 10.2. The van der Waals surface area contributed by atoms with Crippen LogP contribution in [0.2, 0.25) is 0 Å². The Morgan fingerprint density at radius 1 is 1.05 bits per heavy atom. The summed E-state index contributed by atoms with van der Waals surface area (Å²) in [4.78, 5) is 25.5. The highest BCUT2D eigenvalue weighted by Gasteiger charge is 2.05. The summed E-state index contributed by atoms with van der Waals surface area (Å²) < 4.78 is 0. The predicted octanol–water partition coefficient (Wildman–Crippen LogP) is 2.48. The highest BCUT2D eigenvalue weighted by Crippen LogP contribution is 2.19. The molecule has 0 spiro atoms. The minimum atomic E-state index is -1.07. The predicted molar refractivity (Wildman–Crippen MR) is 75.2 cm³/mol. The zero-order valence-corrected chi connectivity index (χ0v) is 10.8. The van der Waals surface area contributed by atoms with Gasteiger partial charge in [-0.1, -0.05) is 0 Å². The molecule has 0 aliphatic rings. The van der Waals surface area contributed by atoms with Crippen LogP contribution in [0.3, 0.4) is 0 Å². The Kier molecular flexibility index (Phi) is 3.95. The van der Waals surface area contributed by atoms with Crippen molar-refractivity contribution in [2.75, 3.05) is 10.6 Å². The Morgan fingerprint density at radius 2 is 1.70 bits per heavy atom. The van der Waals surface area contributed by atoms with Gasteiger partial charge in [0.05, 0.1) is 0 Å². The first-order chi connectivity index (χ1) is 9.54. The lowest BCUT2D eigenvalue weighted by Crippen LogP contribution is -2.05. The van der Waals surface area contributed by atoms with E-state index in [4.69, 9.17) is 5.11 Å². The minimum absolute atomic E-state index is 0.0233. The van der Waals surface area contributed by atoms with Gasteiger partial charge in [0.15, 0.2) is 0 Å². The van der Waals surface area contributed by atoms with Crippen molar-refractivity contribution in [3.8, 4) is 0 Å². The summed E-state index contributed by atoms with van der Waals surface area (Å²) in [5.41, 5.74) is 2.08. The van der Waals surface area contributed by atoms with Crippen LogP contribution in [-0.2, 0) is 4.79 Å². The van der Waals surface area contributed by atoms with Crippen molar-refractivity contribution in [3.05, 3.63) is 48.3 Å². The van der Waals surface area contributed by atoms with Crippen molar-refractivity contribution < 1.29 is 14.7 Å². The number of carbonyl (C=O) groups is 2. The van der Waals surface area contributed by atoms with Gasteiger partial charge >= 0.3 is 5.97 Å². The monoisotopic (exact) mass is 271 g/mol. The Bertz CT molecular complexity index is 638. The quantitative estimate of drug-likeness (QED) is 0.794. The average molecular weight is 271 g/mol. The van der Waals surface area contributed by atoms with Crippen molar-refractivity contribution in [2.45, 2.75) is 6.92 Å². The Balaban J connectivity index is 2.11. The number of carboxylic acids is 1. The number of carbonyl (C=O) groups excluding carboxylic acids is 1. The van der Waals surface area contributed by atoms with E-state index in [1.165, 1.54) is 19.2 Å². The first-order valence-electron chi connectivity index (χ1n) is 5.88. The standard InChI is InChI=1S/C14H13N3O3/c1-9(18)16-10-2-4-11(5-3-10)17-12-6-7-15-13(8-12)14(19)20/h2-8H,1H3,(H,15,17)(H,16,18)(H,19,20). The topological polar surface area (TPSA) is 91.3 Å². The molecule has 0 saturated carbocycles. The molecule has 0 bridgehead atoms. The van der Waals surface area contributed by atoms with E-state index in [-0.39, 0.29) is 11.6 Å². The first kappa shape index (κ1) is 13.5. The molecular formula is C14H13N3O3. The van der Waals surface area contributed by atoms with Crippen molar-refractivity contribution in [3.63, 3.8) is 0 Å². The number of aromatic nitrogens is 1. The van der Waals surface area contributed by atoms with E-state index in [1.54, 1.807) is 30.3 Å². The number of hydrogen-bond donors (Lipinski definition) is 3. The third-order valence-corrected chi connectivity index (χ3v) is 2.47. The summed E-state index contributed by atoms with van der Waals surface area (Å²) in [7, 11) is 0. The maximum atomic E-state index is 10.9. The second kappa shape index (κ2) is 5.83. The van der Waals surface area contributed by atoms with Crippen LogP contribution >= 0.6 is 0 Å². The molecule has 102 valence electrons. The lowest BCUT2D eigenvalue weighted by Gasteiger charge is -2.08. The van der Waals surface area contributed by atoms with Gasteiger partial charge in [0.1, 0.15) is 5.69 Å². The third kappa shape index (κ3) is 3.55. The van der Waals surface area contributed by atoms with Gasteiger partial charge in [-0.25, -0.2) is 9.78 Å². The molecule has 3 N–H and O–H groups in total. The molecule has 0 aliphatic carbocycles. The number of anilines is 3. The molecule has 2 aromatic rings. The molecule has 1 heterocycles. The maximum Gasteiger partial charge on any atom is 0.354 e. The molecule has 0 atom stereocenters. The Morgan fingerprint density at radius 3 is 2.30 bits per heavy atom. The van der Waals surface area contributed by atoms with Gasteiger partial charge in [-0.15, -0.1) is 0 Å². The molecule has 2 rings (SSSR count). The number of nitrogens with one attached hydrogen (secondary N) is 2. The van der Waals surface area contributed by atoms with Crippen molar-refractivity contribution >= 4 is 28.9 Å². The summed E-state index contributed by atoms with van der Waals surface area (Å²) >= 11 is 0. The van der Waals surface area contributed by atoms with Crippen LogP contribution in [0.25, 0.3) is 0 Å². The highest BCUT2D eigenvalue weighted by molar-refractivity contribution is 5.89. The van der Waals surface area contributed by atoms with Crippen LogP contribution in [0.15, 0.2) is 42.6 Å². The molecular weight excluding hydrogens is 258 g/mol. The summed E-state index contributed by atoms with van der Waals surface area (Å²) in [5, 5.41) is 14.6. The van der Waals surface area contributed by atoms with Crippen LogP contribution in [0.5, 0.6) is 0 Å². The van der Waals surface area contributed by atoms with E-state index < -0.39 is 5.97 Å². The van der Waals surface area contributed by atoms with Crippen LogP contribution < -0.4 is 10.6 Å². The van der Waals surface area contributed by atoms with Crippen LogP contribution in [-0.4, -0.2) is 22.0 Å². The second-order valence-electron chi connectivity index (χ2n) is 4.12. The molecule has 0 fully saturated rings. The number of aromatic carboxylic acids is 1. The first-order valence-corrected chi connectivity index (χ1v) is 5.88. The number of pyridine rings is 1. The number of rotatable bonds is 4. The van der Waals surface area contributed by atoms with Crippen LogP contribution in [0.4, 0.5) is 17.1 Å². The smallest absolute Gasteiger partial charge is 0.354 e. The zero-order valence-electron chi connectivity index (χ0n) is 10.8. The van der Waals surface area contributed by atoms with E-state index in [0.717, 1.165) is 5.69 Å². The fraction of sp³-hybridized carbons (Fsp3) is 0.0714. The van der Waals surface area contributed by atoms with Gasteiger partial charge in [-0.2, -0.15) is 0 Å². The molecule has 0 unspecified atom stereocenters. The molecule has 20 heavy (non-hydrogen) atoms. The SMILES string of the molecule is CC(=O)Nc1ccc(Nc2ccnc(C(=O)O)c2)cc1. The minimum Gasteiger partial charge on any atom is -0.477 e. The number of carboxylic acid groups (broad SMARTS) is 1. The van der Waals surface area contributed by atoms with Gasteiger partial charge in [0, 0.05) is 30.2 Å². The number of amides is 1. The fourth-order valence-electron chi connectivity index (χ4n) is 1.63. The number of hydrogen-bond acceptors (Lipinski definition) is 4. The lowest BCUT2D eigenvalue weighted by molar-refractivity contribution is -0.114. The highest BCUT2D eigenvalue weighted by atomic mass is 16.4.